The highest BCUT2D eigenvalue weighted by atomic mass is 127. The average molecular weight is 520 g/mol. The van der Waals surface area contributed by atoms with Crippen LogP contribution in [0.2, 0.25) is 0 Å². The van der Waals surface area contributed by atoms with Crippen LogP contribution in [0.25, 0.3) is 6.08 Å². The smallest absolute Gasteiger partial charge is 0.266 e. The molecule has 0 saturated carbocycles. The zero-order chi connectivity index (χ0) is 19.9. The summed E-state index contributed by atoms with van der Waals surface area (Å²) >= 11 is 8.76. The Hall–Kier alpha value is -1.97. The predicted molar refractivity (Wildman–Crippen MR) is 128 cm³/mol. The summed E-state index contributed by atoms with van der Waals surface area (Å²) in [6.45, 7) is 0.264. The zero-order valence-corrected chi connectivity index (χ0v) is 18.6. The van der Waals surface area contributed by atoms with Crippen molar-refractivity contribution >= 4 is 74.5 Å². The number of nitrogens with one attached hydrogen (secondary N) is 1. The Labute approximate surface area is 187 Å². The summed E-state index contributed by atoms with van der Waals surface area (Å²) in [6, 6.07) is 17.4. The van der Waals surface area contributed by atoms with Crippen molar-refractivity contribution in [1.29, 1.82) is 0 Å². The monoisotopic (exact) mass is 520 g/mol. The van der Waals surface area contributed by atoms with Crippen molar-refractivity contribution in [3.05, 3.63) is 80.8 Å². The van der Waals surface area contributed by atoms with Crippen LogP contribution < -0.4 is 5.32 Å². The molecule has 0 bridgehead atoms. The van der Waals surface area contributed by atoms with Crippen LogP contribution in [0.1, 0.15) is 12.0 Å². The molecule has 0 aromatic heterocycles. The van der Waals surface area contributed by atoms with Gasteiger partial charge in [-0.25, -0.2) is 0 Å². The first-order valence-electron chi connectivity index (χ1n) is 8.55. The summed E-state index contributed by atoms with van der Waals surface area (Å²) in [5.41, 5.74) is 1.80. The normalized spacial score (nSPS) is 15.6. The SMILES string of the molecule is O=C(CCN1C(=O)C(=CC=Cc2ccccc2)SC1=S)Nc1cccc(I)c1. The van der Waals surface area contributed by atoms with Gasteiger partial charge in [-0.2, -0.15) is 0 Å². The van der Waals surface area contributed by atoms with Crippen molar-refractivity contribution in [2.45, 2.75) is 6.42 Å². The van der Waals surface area contributed by atoms with E-state index in [1.54, 1.807) is 6.08 Å². The minimum absolute atomic E-state index is 0.149. The van der Waals surface area contributed by atoms with Gasteiger partial charge in [0.2, 0.25) is 5.91 Å². The molecule has 2 aromatic rings. The van der Waals surface area contributed by atoms with Gasteiger partial charge in [0.1, 0.15) is 4.32 Å². The quantitative estimate of drug-likeness (QED) is 0.328. The topological polar surface area (TPSA) is 49.4 Å². The molecule has 7 heteroatoms. The molecule has 28 heavy (non-hydrogen) atoms. The minimum Gasteiger partial charge on any atom is -0.326 e. The molecule has 3 rings (SSSR count). The lowest BCUT2D eigenvalue weighted by atomic mass is 10.2. The van der Waals surface area contributed by atoms with E-state index in [2.05, 4.69) is 27.9 Å². The van der Waals surface area contributed by atoms with Crippen molar-refractivity contribution in [1.82, 2.24) is 4.90 Å². The minimum atomic E-state index is -0.158. The van der Waals surface area contributed by atoms with Crippen LogP contribution in [-0.2, 0) is 9.59 Å². The Morgan fingerprint density at radius 3 is 2.71 bits per heavy atom. The predicted octanol–water partition coefficient (Wildman–Crippen LogP) is 5.08. The largest absolute Gasteiger partial charge is 0.326 e. The summed E-state index contributed by atoms with van der Waals surface area (Å²) in [5.74, 6) is -0.307. The Morgan fingerprint density at radius 2 is 1.96 bits per heavy atom. The van der Waals surface area contributed by atoms with E-state index >= 15 is 0 Å². The van der Waals surface area contributed by atoms with Gasteiger partial charge in [-0.15, -0.1) is 0 Å². The van der Waals surface area contributed by atoms with E-state index in [1.165, 1.54) is 16.7 Å². The first-order chi connectivity index (χ1) is 13.5. The van der Waals surface area contributed by atoms with Crippen molar-refractivity contribution < 1.29 is 9.59 Å². The molecule has 1 heterocycles. The van der Waals surface area contributed by atoms with E-state index in [0.29, 0.717) is 9.23 Å². The molecule has 2 aromatic carbocycles. The number of thioether (sulfide) groups is 1. The fourth-order valence-electron chi connectivity index (χ4n) is 2.52. The Morgan fingerprint density at radius 1 is 1.18 bits per heavy atom. The Kier molecular flexibility index (Phi) is 7.41. The molecule has 1 fully saturated rings. The number of nitrogens with zero attached hydrogens (tertiary/aromatic N) is 1. The van der Waals surface area contributed by atoms with E-state index in [9.17, 15) is 9.59 Å². The molecule has 2 amide bonds. The van der Waals surface area contributed by atoms with Crippen molar-refractivity contribution in [3.63, 3.8) is 0 Å². The number of amides is 2. The highest BCUT2D eigenvalue weighted by Gasteiger charge is 2.31. The fraction of sp³-hybridized carbons (Fsp3) is 0.0952. The highest BCUT2D eigenvalue weighted by Crippen LogP contribution is 2.31. The number of hydrogen-bond acceptors (Lipinski definition) is 4. The molecule has 1 aliphatic heterocycles. The Bertz CT molecular complexity index is 958. The summed E-state index contributed by atoms with van der Waals surface area (Å²) < 4.78 is 1.52. The summed E-state index contributed by atoms with van der Waals surface area (Å²) in [6.07, 6.45) is 5.72. The van der Waals surface area contributed by atoms with Crippen LogP contribution in [0, 0.1) is 3.57 Å². The van der Waals surface area contributed by atoms with Gasteiger partial charge in [0.15, 0.2) is 0 Å². The molecule has 0 radical (unpaired) electrons. The van der Waals surface area contributed by atoms with Crippen LogP contribution in [0.4, 0.5) is 5.69 Å². The lowest BCUT2D eigenvalue weighted by Crippen LogP contribution is -2.31. The highest BCUT2D eigenvalue weighted by molar-refractivity contribution is 14.1. The van der Waals surface area contributed by atoms with Crippen molar-refractivity contribution in [2.75, 3.05) is 11.9 Å². The standard InChI is InChI=1S/C21H17IN2O2S2/c22-16-9-5-10-17(14-16)23-19(25)12-13-24-20(26)18(28-21(24)27)11-4-8-15-6-2-1-3-7-15/h1-11,14H,12-13H2,(H,23,25). The number of carbonyl (C=O) groups excluding carboxylic acids is 2. The molecule has 0 aliphatic carbocycles. The van der Waals surface area contributed by atoms with Crippen LogP contribution in [-0.4, -0.2) is 27.6 Å². The second kappa shape index (κ2) is 9.99. The molecule has 142 valence electrons. The summed E-state index contributed by atoms with van der Waals surface area (Å²) in [5, 5.41) is 2.84. The number of halogens is 1. The van der Waals surface area contributed by atoms with Gasteiger partial charge in [0.05, 0.1) is 4.91 Å². The molecular formula is C21H17IN2O2S2. The molecule has 0 atom stereocenters. The molecule has 4 nitrogen and oxygen atoms in total. The summed E-state index contributed by atoms with van der Waals surface area (Å²) in [4.78, 5) is 26.8. The van der Waals surface area contributed by atoms with Gasteiger partial charge in [-0.3, -0.25) is 14.5 Å². The molecule has 0 unspecified atom stereocenters. The third-order valence-electron chi connectivity index (χ3n) is 3.88. The first-order valence-corrected chi connectivity index (χ1v) is 10.9. The number of allylic oxidation sites excluding steroid dienone is 2. The van der Waals surface area contributed by atoms with Gasteiger partial charge >= 0.3 is 0 Å². The number of hydrogen-bond donors (Lipinski definition) is 1. The van der Waals surface area contributed by atoms with Crippen molar-refractivity contribution in [3.8, 4) is 0 Å². The zero-order valence-electron chi connectivity index (χ0n) is 14.8. The van der Waals surface area contributed by atoms with Crippen LogP contribution in [0.15, 0.2) is 71.7 Å². The van der Waals surface area contributed by atoms with Gasteiger partial charge in [0.25, 0.3) is 5.91 Å². The van der Waals surface area contributed by atoms with Crippen LogP contribution >= 0.6 is 46.6 Å². The number of rotatable bonds is 6. The van der Waals surface area contributed by atoms with Crippen LogP contribution in [0.3, 0.4) is 0 Å². The molecule has 1 N–H and O–H groups in total. The molecular weight excluding hydrogens is 503 g/mol. The first kappa shape index (κ1) is 20.8. The van der Waals surface area contributed by atoms with Gasteiger partial charge in [-0.05, 0) is 52.4 Å². The second-order valence-corrected chi connectivity index (χ2v) is 8.86. The number of thiocarbonyl (C=S) groups is 1. The van der Waals surface area contributed by atoms with E-state index in [4.69, 9.17) is 12.2 Å². The lowest BCUT2D eigenvalue weighted by Gasteiger charge is -2.14. The van der Waals surface area contributed by atoms with Gasteiger partial charge in [0, 0.05) is 22.2 Å². The fourth-order valence-corrected chi connectivity index (χ4v) is 4.32. The molecule has 0 spiro atoms. The summed E-state index contributed by atoms with van der Waals surface area (Å²) in [7, 11) is 0. The Balaban J connectivity index is 1.55. The third kappa shape index (κ3) is 5.76. The van der Waals surface area contributed by atoms with E-state index in [-0.39, 0.29) is 24.8 Å². The van der Waals surface area contributed by atoms with E-state index in [0.717, 1.165) is 14.8 Å². The maximum atomic E-state index is 12.6. The van der Waals surface area contributed by atoms with Crippen molar-refractivity contribution in [2.24, 2.45) is 0 Å². The molecule has 1 saturated heterocycles. The number of anilines is 1. The lowest BCUT2D eigenvalue weighted by molar-refractivity contribution is -0.122. The van der Waals surface area contributed by atoms with E-state index < -0.39 is 0 Å². The third-order valence-corrected chi connectivity index (χ3v) is 5.95. The number of carbonyl (C=O) groups is 2. The number of benzene rings is 2. The average Bonchev–Trinajstić information content (AvgIpc) is 2.94. The van der Waals surface area contributed by atoms with E-state index in [1.807, 2.05) is 66.7 Å². The van der Waals surface area contributed by atoms with Gasteiger partial charge < -0.3 is 5.32 Å². The van der Waals surface area contributed by atoms with Crippen LogP contribution in [0.5, 0.6) is 0 Å². The molecule has 1 aliphatic rings. The van der Waals surface area contributed by atoms with Gasteiger partial charge in [-0.1, -0.05) is 72.5 Å². The second-order valence-electron chi connectivity index (χ2n) is 5.93. The maximum Gasteiger partial charge on any atom is 0.266 e. The maximum absolute atomic E-state index is 12.6.